The normalized spacial score (nSPS) is 11.9. The summed E-state index contributed by atoms with van der Waals surface area (Å²) in [7, 11) is -3.34. The molecule has 178 valence electrons. The summed E-state index contributed by atoms with van der Waals surface area (Å²) in [6.07, 6.45) is -1.03. The van der Waals surface area contributed by atoms with Crippen molar-refractivity contribution in [2.45, 2.75) is 25.7 Å². The molecule has 0 fully saturated rings. The summed E-state index contributed by atoms with van der Waals surface area (Å²) in [5, 5.41) is 0. The van der Waals surface area contributed by atoms with E-state index < -0.39 is 28.3 Å². The standard InChI is InChI=1S/C25H26N2O6S/c1-27(25(29)33-19-22-15-9-4-10-16-22)34(30,31)26-23(17-20-11-5-2-6-12-20)24(28)32-18-21-13-7-3-8-14-21/h2-16,23,26H,17-19H2,1H3/t23-/m0/s1. The second kappa shape index (κ2) is 12.0. The Labute approximate surface area is 199 Å². The minimum absolute atomic E-state index is 0.0123. The van der Waals surface area contributed by atoms with Gasteiger partial charge in [0.1, 0.15) is 19.3 Å². The third kappa shape index (κ3) is 7.43. The van der Waals surface area contributed by atoms with Gasteiger partial charge in [-0.25, -0.2) is 4.79 Å². The maximum atomic E-state index is 12.9. The number of ether oxygens (including phenoxy) is 2. The van der Waals surface area contributed by atoms with Crippen molar-refractivity contribution >= 4 is 22.3 Å². The second-order valence-electron chi connectivity index (χ2n) is 7.47. The highest BCUT2D eigenvalue weighted by Crippen LogP contribution is 2.11. The van der Waals surface area contributed by atoms with Gasteiger partial charge in [-0.1, -0.05) is 91.0 Å². The van der Waals surface area contributed by atoms with Gasteiger partial charge in [0.2, 0.25) is 0 Å². The molecule has 3 aromatic rings. The van der Waals surface area contributed by atoms with Gasteiger partial charge in [-0.2, -0.15) is 17.4 Å². The van der Waals surface area contributed by atoms with Gasteiger partial charge in [-0.15, -0.1) is 0 Å². The fourth-order valence-electron chi connectivity index (χ4n) is 3.02. The average molecular weight is 483 g/mol. The maximum absolute atomic E-state index is 12.9. The molecule has 1 amide bonds. The summed E-state index contributed by atoms with van der Waals surface area (Å²) < 4.78 is 38.9. The molecule has 0 aliphatic carbocycles. The molecule has 0 aliphatic heterocycles. The Morgan fingerprint density at radius 3 is 1.71 bits per heavy atom. The molecule has 0 aromatic heterocycles. The largest absolute Gasteiger partial charge is 0.460 e. The van der Waals surface area contributed by atoms with Gasteiger partial charge in [0.25, 0.3) is 0 Å². The Kier molecular flexibility index (Phi) is 8.78. The number of carbonyl (C=O) groups excluding carboxylic acids is 2. The summed E-state index contributed by atoms with van der Waals surface area (Å²) >= 11 is 0. The van der Waals surface area contributed by atoms with Gasteiger partial charge in [-0.05, 0) is 23.1 Å². The van der Waals surface area contributed by atoms with E-state index in [4.69, 9.17) is 9.47 Å². The van der Waals surface area contributed by atoms with Crippen molar-refractivity contribution in [1.82, 2.24) is 9.03 Å². The number of nitrogens with zero attached hydrogens (tertiary/aromatic N) is 1. The Balaban J connectivity index is 1.68. The zero-order valence-electron chi connectivity index (χ0n) is 18.7. The van der Waals surface area contributed by atoms with E-state index in [9.17, 15) is 18.0 Å². The highest BCUT2D eigenvalue weighted by molar-refractivity contribution is 7.87. The first-order chi connectivity index (χ1) is 16.3. The van der Waals surface area contributed by atoms with E-state index in [2.05, 4.69) is 4.72 Å². The zero-order valence-corrected chi connectivity index (χ0v) is 19.5. The molecule has 0 aliphatic rings. The number of rotatable bonds is 10. The van der Waals surface area contributed by atoms with Crippen molar-refractivity contribution in [1.29, 1.82) is 0 Å². The van der Waals surface area contributed by atoms with Crippen LogP contribution in [-0.4, -0.2) is 37.9 Å². The van der Waals surface area contributed by atoms with Crippen molar-refractivity contribution in [2.75, 3.05) is 7.05 Å². The smallest absolute Gasteiger partial charge is 0.424 e. The van der Waals surface area contributed by atoms with Crippen LogP contribution in [0.5, 0.6) is 0 Å². The van der Waals surface area contributed by atoms with Crippen LogP contribution in [-0.2, 0) is 44.1 Å². The molecule has 0 bridgehead atoms. The molecular weight excluding hydrogens is 456 g/mol. The average Bonchev–Trinajstić information content (AvgIpc) is 2.86. The molecular formula is C25H26N2O6S. The molecule has 0 spiro atoms. The van der Waals surface area contributed by atoms with E-state index in [0.29, 0.717) is 9.87 Å². The van der Waals surface area contributed by atoms with E-state index in [-0.39, 0.29) is 19.6 Å². The van der Waals surface area contributed by atoms with Crippen molar-refractivity contribution in [3.63, 3.8) is 0 Å². The minimum Gasteiger partial charge on any atom is -0.460 e. The topological polar surface area (TPSA) is 102 Å². The fraction of sp³-hybridized carbons (Fsp3) is 0.200. The van der Waals surface area contributed by atoms with E-state index in [1.165, 1.54) is 0 Å². The molecule has 3 aromatic carbocycles. The molecule has 34 heavy (non-hydrogen) atoms. The fourth-order valence-corrected chi connectivity index (χ4v) is 3.97. The van der Waals surface area contributed by atoms with Gasteiger partial charge in [0.15, 0.2) is 0 Å². The molecule has 8 nitrogen and oxygen atoms in total. The summed E-state index contributed by atoms with van der Waals surface area (Å²) in [6, 6.07) is 25.6. The lowest BCUT2D eigenvalue weighted by atomic mass is 10.1. The van der Waals surface area contributed by atoms with Gasteiger partial charge in [-0.3, -0.25) is 4.79 Å². The van der Waals surface area contributed by atoms with Crippen LogP contribution < -0.4 is 4.72 Å². The lowest BCUT2D eigenvalue weighted by Gasteiger charge is -2.22. The molecule has 3 rings (SSSR count). The van der Waals surface area contributed by atoms with Crippen molar-refractivity contribution < 1.29 is 27.5 Å². The third-order valence-electron chi connectivity index (χ3n) is 4.91. The van der Waals surface area contributed by atoms with Crippen LogP contribution >= 0.6 is 0 Å². The first kappa shape index (κ1) is 24.9. The highest BCUT2D eigenvalue weighted by Gasteiger charge is 2.32. The first-order valence-corrected chi connectivity index (χ1v) is 12.0. The molecule has 0 radical (unpaired) electrons. The first-order valence-electron chi connectivity index (χ1n) is 10.6. The van der Waals surface area contributed by atoms with Gasteiger partial charge < -0.3 is 9.47 Å². The minimum atomic E-state index is -4.40. The number of hydrogen-bond acceptors (Lipinski definition) is 6. The summed E-state index contributed by atoms with van der Waals surface area (Å²) in [4.78, 5) is 25.2. The van der Waals surface area contributed by atoms with E-state index in [1.54, 1.807) is 60.7 Å². The summed E-state index contributed by atoms with van der Waals surface area (Å²) in [6.45, 7) is -0.103. The van der Waals surface area contributed by atoms with Crippen LogP contribution in [0.1, 0.15) is 16.7 Å². The van der Waals surface area contributed by atoms with E-state index in [1.807, 2.05) is 30.3 Å². The van der Waals surface area contributed by atoms with Crippen molar-refractivity contribution in [2.24, 2.45) is 0 Å². The van der Waals surface area contributed by atoms with Crippen LogP contribution in [0.2, 0.25) is 0 Å². The Hall–Kier alpha value is -3.69. The molecule has 1 N–H and O–H groups in total. The van der Waals surface area contributed by atoms with E-state index >= 15 is 0 Å². The Bertz CT molecular complexity index is 1170. The molecule has 0 heterocycles. The SMILES string of the molecule is CN(C(=O)OCc1ccccc1)S(=O)(=O)N[C@@H](Cc1ccccc1)C(=O)OCc1ccccc1. The van der Waals surface area contributed by atoms with E-state index in [0.717, 1.165) is 18.2 Å². The number of hydrogen-bond donors (Lipinski definition) is 1. The molecule has 0 saturated heterocycles. The zero-order chi connectivity index (χ0) is 24.4. The highest BCUT2D eigenvalue weighted by atomic mass is 32.2. The van der Waals surface area contributed by atoms with Crippen LogP contribution in [0.4, 0.5) is 4.79 Å². The van der Waals surface area contributed by atoms with Crippen LogP contribution in [0.25, 0.3) is 0 Å². The van der Waals surface area contributed by atoms with Crippen LogP contribution in [0.3, 0.4) is 0 Å². The number of carbonyl (C=O) groups is 2. The maximum Gasteiger partial charge on any atom is 0.424 e. The van der Waals surface area contributed by atoms with Crippen LogP contribution in [0, 0.1) is 0 Å². The Morgan fingerprint density at radius 1 is 0.765 bits per heavy atom. The number of amides is 1. The summed E-state index contributed by atoms with van der Waals surface area (Å²) in [5.74, 6) is -0.762. The quantitative estimate of drug-likeness (QED) is 0.444. The number of benzene rings is 3. The number of esters is 1. The van der Waals surface area contributed by atoms with Gasteiger partial charge in [0.05, 0.1) is 0 Å². The van der Waals surface area contributed by atoms with Crippen molar-refractivity contribution in [3.05, 3.63) is 108 Å². The van der Waals surface area contributed by atoms with Crippen LogP contribution in [0.15, 0.2) is 91.0 Å². The Morgan fingerprint density at radius 2 is 1.21 bits per heavy atom. The van der Waals surface area contributed by atoms with Gasteiger partial charge in [0, 0.05) is 7.05 Å². The molecule has 0 saturated carbocycles. The van der Waals surface area contributed by atoms with Gasteiger partial charge >= 0.3 is 22.3 Å². The third-order valence-corrected chi connectivity index (χ3v) is 6.36. The number of nitrogens with one attached hydrogen (secondary N) is 1. The van der Waals surface area contributed by atoms with Crippen molar-refractivity contribution in [3.8, 4) is 0 Å². The predicted molar refractivity (Wildman–Crippen MR) is 127 cm³/mol. The predicted octanol–water partition coefficient (Wildman–Crippen LogP) is 3.44. The second-order valence-corrected chi connectivity index (χ2v) is 9.20. The lowest BCUT2D eigenvalue weighted by Crippen LogP contribution is -2.50. The monoisotopic (exact) mass is 482 g/mol. The molecule has 0 unspecified atom stereocenters. The molecule has 9 heteroatoms. The lowest BCUT2D eigenvalue weighted by molar-refractivity contribution is -0.147. The summed E-state index contributed by atoms with van der Waals surface area (Å²) in [5.41, 5.74) is 2.20. The molecule has 1 atom stereocenters.